The van der Waals surface area contributed by atoms with Crippen LogP contribution in [0.1, 0.15) is 16.1 Å². The third kappa shape index (κ3) is 4.71. The predicted octanol–water partition coefficient (Wildman–Crippen LogP) is 0.631. The number of rotatable bonds is 8. The maximum atomic E-state index is 12.3. The highest BCUT2D eigenvalue weighted by Crippen LogP contribution is 2.16. The minimum absolute atomic E-state index is 0.207. The third-order valence-electron chi connectivity index (χ3n) is 3.04. The van der Waals surface area contributed by atoms with Crippen LogP contribution in [0.4, 0.5) is 10.6 Å². The summed E-state index contributed by atoms with van der Waals surface area (Å²) in [4.78, 5) is 25.3. The molecule has 2 N–H and O–H groups in total. The Hall–Kier alpha value is -2.13. The highest BCUT2D eigenvalue weighted by atomic mass is 16.5. The summed E-state index contributed by atoms with van der Waals surface area (Å²) < 4.78 is 14.6. The van der Waals surface area contributed by atoms with Crippen molar-refractivity contribution in [3.05, 3.63) is 11.3 Å². The second kappa shape index (κ2) is 9.00. The monoisotopic (exact) mass is 314 g/mol. The minimum atomic E-state index is -0.541. The highest BCUT2D eigenvalue weighted by Gasteiger charge is 2.20. The molecule has 0 saturated heterocycles. The average Bonchev–Trinajstić information content (AvgIpc) is 2.87. The molecule has 124 valence electrons. The summed E-state index contributed by atoms with van der Waals surface area (Å²) >= 11 is 0. The van der Waals surface area contributed by atoms with E-state index in [1.165, 1.54) is 7.11 Å². The first kappa shape index (κ1) is 17.9. The number of urea groups is 1. The van der Waals surface area contributed by atoms with E-state index >= 15 is 0 Å². The fraction of sp³-hybridized carbons (Fsp3) is 0.615. The number of hydrogen-bond acceptors (Lipinski definition) is 6. The zero-order valence-corrected chi connectivity index (χ0v) is 13.3. The van der Waals surface area contributed by atoms with Gasteiger partial charge in [-0.25, -0.2) is 9.59 Å². The van der Waals surface area contributed by atoms with Crippen LogP contribution in [-0.2, 0) is 14.2 Å². The predicted molar refractivity (Wildman–Crippen MR) is 79.0 cm³/mol. The molecule has 1 aromatic heterocycles. The van der Waals surface area contributed by atoms with Crippen LogP contribution in [0.25, 0.3) is 0 Å². The number of aromatic nitrogens is 2. The number of hydrogen-bond donors (Lipinski definition) is 2. The van der Waals surface area contributed by atoms with Crippen molar-refractivity contribution in [2.45, 2.75) is 6.92 Å². The molecule has 1 rings (SSSR count). The largest absolute Gasteiger partial charge is 0.464 e. The van der Waals surface area contributed by atoms with Gasteiger partial charge in [-0.05, 0) is 6.92 Å². The number of nitrogens with one attached hydrogen (secondary N) is 2. The summed E-state index contributed by atoms with van der Waals surface area (Å²) in [5.41, 5.74) is 0.719. The number of carbonyl (C=O) groups excluding carboxylic acids is 2. The van der Waals surface area contributed by atoms with Crippen LogP contribution in [0.2, 0.25) is 0 Å². The lowest BCUT2D eigenvalue weighted by Gasteiger charge is -2.22. The van der Waals surface area contributed by atoms with E-state index in [2.05, 4.69) is 20.3 Å². The molecule has 0 bridgehead atoms. The Balaban J connectivity index is 2.75. The molecule has 22 heavy (non-hydrogen) atoms. The summed E-state index contributed by atoms with van der Waals surface area (Å²) in [6.45, 7) is 3.31. The first-order valence-electron chi connectivity index (χ1n) is 6.72. The Morgan fingerprint density at radius 3 is 2.27 bits per heavy atom. The van der Waals surface area contributed by atoms with Crippen LogP contribution >= 0.6 is 0 Å². The van der Waals surface area contributed by atoms with E-state index in [1.54, 1.807) is 26.0 Å². The summed E-state index contributed by atoms with van der Waals surface area (Å²) in [5, 5.41) is 9.12. The molecule has 0 aliphatic carbocycles. The maximum Gasteiger partial charge on any atom is 0.356 e. The van der Waals surface area contributed by atoms with Crippen LogP contribution in [0.3, 0.4) is 0 Å². The van der Waals surface area contributed by atoms with E-state index < -0.39 is 5.97 Å². The highest BCUT2D eigenvalue weighted by molar-refractivity contribution is 5.94. The SMILES string of the molecule is COCCN(CCOC)C(=O)Nc1n[nH]c(C(=O)OC)c1C. The molecule has 0 aliphatic heterocycles. The smallest absolute Gasteiger partial charge is 0.356 e. The molecule has 0 spiro atoms. The van der Waals surface area contributed by atoms with Gasteiger partial charge in [-0.15, -0.1) is 0 Å². The van der Waals surface area contributed by atoms with Gasteiger partial charge in [0.25, 0.3) is 0 Å². The van der Waals surface area contributed by atoms with Crippen molar-refractivity contribution in [1.82, 2.24) is 15.1 Å². The fourth-order valence-corrected chi connectivity index (χ4v) is 1.72. The Bertz CT molecular complexity index is 495. The fourth-order valence-electron chi connectivity index (χ4n) is 1.72. The lowest BCUT2D eigenvalue weighted by Crippen LogP contribution is -2.39. The Kier molecular flexibility index (Phi) is 7.33. The first-order chi connectivity index (χ1) is 10.5. The molecule has 1 aromatic rings. The van der Waals surface area contributed by atoms with Gasteiger partial charge in [0.15, 0.2) is 5.82 Å². The van der Waals surface area contributed by atoms with Crippen LogP contribution in [-0.4, -0.2) is 74.7 Å². The van der Waals surface area contributed by atoms with E-state index in [4.69, 9.17) is 9.47 Å². The van der Waals surface area contributed by atoms with Crippen molar-refractivity contribution in [3.8, 4) is 0 Å². The van der Waals surface area contributed by atoms with Crippen molar-refractivity contribution in [2.24, 2.45) is 0 Å². The van der Waals surface area contributed by atoms with Gasteiger partial charge < -0.3 is 19.1 Å². The lowest BCUT2D eigenvalue weighted by atomic mass is 10.2. The van der Waals surface area contributed by atoms with Gasteiger partial charge in [-0.3, -0.25) is 10.4 Å². The molecule has 9 nitrogen and oxygen atoms in total. The second-order valence-corrected chi connectivity index (χ2v) is 4.47. The summed E-state index contributed by atoms with van der Waals surface area (Å²) in [7, 11) is 4.40. The van der Waals surface area contributed by atoms with E-state index in [0.29, 0.717) is 31.9 Å². The minimum Gasteiger partial charge on any atom is -0.464 e. The second-order valence-electron chi connectivity index (χ2n) is 4.47. The molecule has 0 saturated carbocycles. The van der Waals surface area contributed by atoms with Gasteiger partial charge in [0.1, 0.15) is 5.69 Å². The van der Waals surface area contributed by atoms with Crippen LogP contribution in [0.5, 0.6) is 0 Å². The van der Waals surface area contributed by atoms with Crippen molar-refractivity contribution < 1.29 is 23.8 Å². The standard InChI is InChI=1S/C13H22N4O5/c1-9-10(12(18)22-4)15-16-11(9)14-13(19)17(5-7-20-2)6-8-21-3/h5-8H2,1-4H3,(H2,14,15,16,19). The van der Waals surface area contributed by atoms with Gasteiger partial charge in [0.05, 0.1) is 20.3 Å². The maximum absolute atomic E-state index is 12.3. The lowest BCUT2D eigenvalue weighted by molar-refractivity contribution is 0.0593. The molecule has 2 amide bonds. The molecule has 0 radical (unpaired) electrons. The Morgan fingerprint density at radius 2 is 1.77 bits per heavy atom. The first-order valence-corrected chi connectivity index (χ1v) is 6.72. The number of anilines is 1. The zero-order chi connectivity index (χ0) is 16.5. The quantitative estimate of drug-likeness (QED) is 0.682. The number of ether oxygens (including phenoxy) is 3. The number of methoxy groups -OCH3 is 3. The molecule has 0 aliphatic rings. The van der Waals surface area contributed by atoms with Crippen molar-refractivity contribution in [2.75, 3.05) is 52.9 Å². The van der Waals surface area contributed by atoms with Gasteiger partial charge in [-0.2, -0.15) is 5.10 Å². The topological polar surface area (TPSA) is 106 Å². The Labute approximate surface area is 128 Å². The normalized spacial score (nSPS) is 10.4. The molecule has 0 atom stereocenters. The molecule has 9 heteroatoms. The van der Waals surface area contributed by atoms with Crippen molar-refractivity contribution >= 4 is 17.8 Å². The number of esters is 1. The number of carbonyl (C=O) groups is 2. The molecule has 1 heterocycles. The van der Waals surface area contributed by atoms with E-state index in [0.717, 1.165) is 0 Å². The molecular formula is C13H22N4O5. The van der Waals surface area contributed by atoms with Gasteiger partial charge in [0, 0.05) is 32.9 Å². The molecule has 0 aromatic carbocycles. The molecule has 0 unspecified atom stereocenters. The zero-order valence-electron chi connectivity index (χ0n) is 13.3. The summed E-state index contributed by atoms with van der Waals surface area (Å²) in [5.74, 6) is -0.258. The average molecular weight is 314 g/mol. The molecule has 0 fully saturated rings. The molecular weight excluding hydrogens is 292 g/mol. The van der Waals surface area contributed by atoms with Gasteiger partial charge >= 0.3 is 12.0 Å². The number of amides is 2. The van der Waals surface area contributed by atoms with E-state index in [9.17, 15) is 9.59 Å². The van der Waals surface area contributed by atoms with Gasteiger partial charge in [0.2, 0.25) is 0 Å². The van der Waals surface area contributed by atoms with Crippen LogP contribution < -0.4 is 5.32 Å². The number of H-pyrrole nitrogens is 1. The third-order valence-corrected chi connectivity index (χ3v) is 3.04. The van der Waals surface area contributed by atoms with E-state index in [1.807, 2.05) is 0 Å². The van der Waals surface area contributed by atoms with E-state index in [-0.39, 0.29) is 17.5 Å². The van der Waals surface area contributed by atoms with Crippen LogP contribution in [0.15, 0.2) is 0 Å². The van der Waals surface area contributed by atoms with Crippen molar-refractivity contribution in [3.63, 3.8) is 0 Å². The van der Waals surface area contributed by atoms with Gasteiger partial charge in [-0.1, -0.05) is 0 Å². The summed E-state index contributed by atoms with van der Waals surface area (Å²) in [6, 6.07) is -0.347. The summed E-state index contributed by atoms with van der Waals surface area (Å²) in [6.07, 6.45) is 0. The Morgan fingerprint density at radius 1 is 1.18 bits per heavy atom. The van der Waals surface area contributed by atoms with Crippen molar-refractivity contribution in [1.29, 1.82) is 0 Å². The van der Waals surface area contributed by atoms with Crippen LogP contribution in [0, 0.1) is 6.92 Å². The number of aromatic amines is 1. The number of nitrogens with zero attached hydrogens (tertiary/aromatic N) is 2.